The zero-order valence-electron chi connectivity index (χ0n) is 36.6. The van der Waals surface area contributed by atoms with Gasteiger partial charge in [0.1, 0.15) is 12.6 Å². The van der Waals surface area contributed by atoms with Gasteiger partial charge in [-0.05, 0) is 89.9 Å². The van der Waals surface area contributed by atoms with Crippen molar-refractivity contribution in [3.8, 4) is 0 Å². The first-order valence-electron chi connectivity index (χ1n) is 21.6. The summed E-state index contributed by atoms with van der Waals surface area (Å²) in [5.74, 6) is -1.91. The van der Waals surface area contributed by atoms with E-state index in [9.17, 15) is 19.5 Å². The van der Waals surface area contributed by atoms with Crippen molar-refractivity contribution in [1.29, 1.82) is 0 Å². The normalized spacial score (nSPS) is 14.2. The van der Waals surface area contributed by atoms with E-state index in [-0.39, 0.29) is 49.5 Å². The Labute approximate surface area is 352 Å². The number of carboxylic acid groups (broad SMARTS) is 1. The number of nitrogens with zero attached hydrogens (tertiary/aromatic N) is 1. The molecule has 0 N–H and O–H groups in total. The van der Waals surface area contributed by atoms with Gasteiger partial charge in [0.2, 0.25) is 0 Å². The highest BCUT2D eigenvalue weighted by Gasteiger charge is 2.25. The van der Waals surface area contributed by atoms with Gasteiger partial charge in [0.25, 0.3) is 0 Å². The SMILES string of the molecule is CC/C=C\C/C=C\C/C=C\C/C=C\C/C=C\CCCC(=O)OCC(COCCC(C(=O)[O-])[N+](C)(C)C)OC(=O)CCC/C=C\C/C=C\C/C=C\C/C=C\C/C=C\CC. The second-order valence-corrected chi connectivity index (χ2v) is 14.8. The van der Waals surface area contributed by atoms with Crippen LogP contribution in [-0.4, -0.2) is 75.5 Å². The minimum Gasteiger partial charge on any atom is -0.544 e. The van der Waals surface area contributed by atoms with Gasteiger partial charge in [0.05, 0.1) is 40.3 Å². The predicted molar refractivity (Wildman–Crippen MR) is 240 cm³/mol. The highest BCUT2D eigenvalue weighted by molar-refractivity contribution is 5.70. The zero-order chi connectivity index (χ0) is 42.8. The summed E-state index contributed by atoms with van der Waals surface area (Å²) in [6, 6.07) is -0.752. The van der Waals surface area contributed by atoms with E-state index in [4.69, 9.17) is 14.2 Å². The van der Waals surface area contributed by atoms with Crippen molar-refractivity contribution >= 4 is 17.9 Å². The molecule has 324 valence electrons. The number of aliphatic carboxylic acids is 1. The van der Waals surface area contributed by atoms with Crippen LogP contribution < -0.4 is 5.11 Å². The monoisotopic (exact) mass is 804 g/mol. The van der Waals surface area contributed by atoms with Crippen LogP contribution in [0, 0.1) is 0 Å². The summed E-state index contributed by atoms with van der Waals surface area (Å²) in [7, 11) is 5.35. The highest BCUT2D eigenvalue weighted by atomic mass is 16.6. The van der Waals surface area contributed by atoms with Crippen molar-refractivity contribution in [3.05, 3.63) is 122 Å². The van der Waals surface area contributed by atoms with E-state index in [0.717, 1.165) is 77.0 Å². The standard InChI is InChI=1S/C50H77NO7/c1-6-8-10-12-14-16-18-20-22-24-26-28-30-32-34-36-38-40-48(52)57-45-46(44-56-43-42-47(50(54)55)51(3,4)5)58-49(53)41-39-37-35-33-31-29-27-25-23-21-19-17-15-13-11-9-7-2/h8-11,14-17,20-23,26-29,32-35,46-47H,6-7,12-13,18-19,24-25,30-31,36-45H2,1-5H3/b10-8-,11-9-,16-14-,17-15-,22-20-,23-21-,28-26-,29-27-,34-32-,35-33-. The smallest absolute Gasteiger partial charge is 0.306 e. The molecule has 0 bridgehead atoms. The summed E-state index contributed by atoms with van der Waals surface area (Å²) < 4.78 is 17.0. The summed E-state index contributed by atoms with van der Waals surface area (Å²) in [6.07, 6.45) is 55.3. The van der Waals surface area contributed by atoms with E-state index < -0.39 is 24.1 Å². The van der Waals surface area contributed by atoms with E-state index in [1.165, 1.54) is 0 Å². The molecule has 8 heteroatoms. The number of allylic oxidation sites excluding steroid dienone is 20. The summed E-state index contributed by atoms with van der Waals surface area (Å²) in [4.78, 5) is 36.8. The van der Waals surface area contributed by atoms with Gasteiger partial charge in [-0.25, -0.2) is 0 Å². The van der Waals surface area contributed by atoms with Crippen molar-refractivity contribution < 1.29 is 38.2 Å². The van der Waals surface area contributed by atoms with Crippen molar-refractivity contribution in [2.45, 2.75) is 135 Å². The maximum absolute atomic E-state index is 12.7. The lowest BCUT2D eigenvalue weighted by atomic mass is 10.1. The molecule has 0 amide bonds. The number of unbranched alkanes of at least 4 members (excludes halogenated alkanes) is 2. The number of esters is 2. The fraction of sp³-hybridized carbons (Fsp3) is 0.540. The third-order valence-corrected chi connectivity index (χ3v) is 8.59. The van der Waals surface area contributed by atoms with Crippen LogP contribution in [0.1, 0.15) is 123 Å². The molecule has 0 saturated carbocycles. The molecule has 0 aromatic heterocycles. The van der Waals surface area contributed by atoms with Gasteiger partial charge in [0.15, 0.2) is 6.10 Å². The number of carbonyl (C=O) groups is 3. The van der Waals surface area contributed by atoms with Crippen LogP contribution in [0.4, 0.5) is 0 Å². The summed E-state index contributed by atoms with van der Waals surface area (Å²) in [6.45, 7) is 4.27. The van der Waals surface area contributed by atoms with Crippen molar-refractivity contribution in [3.63, 3.8) is 0 Å². The number of carbonyl (C=O) groups excluding carboxylic acids is 3. The number of carboxylic acids is 1. The van der Waals surface area contributed by atoms with Crippen LogP contribution in [0.5, 0.6) is 0 Å². The van der Waals surface area contributed by atoms with Gasteiger partial charge in [-0.3, -0.25) is 9.59 Å². The minimum absolute atomic E-state index is 0.00919. The quantitative estimate of drug-likeness (QED) is 0.0269. The Morgan fingerprint density at radius 3 is 1.24 bits per heavy atom. The molecule has 0 spiro atoms. The number of hydrogen-bond donors (Lipinski definition) is 0. The van der Waals surface area contributed by atoms with Gasteiger partial charge in [-0.1, -0.05) is 135 Å². The average Bonchev–Trinajstić information content (AvgIpc) is 3.18. The molecule has 8 nitrogen and oxygen atoms in total. The molecule has 0 rings (SSSR count). The first kappa shape index (κ1) is 53.7. The fourth-order valence-electron chi connectivity index (χ4n) is 5.32. The summed E-state index contributed by atoms with van der Waals surface area (Å²) in [5, 5.41) is 11.6. The predicted octanol–water partition coefficient (Wildman–Crippen LogP) is 10.5. The van der Waals surface area contributed by atoms with Gasteiger partial charge < -0.3 is 28.6 Å². The summed E-state index contributed by atoms with van der Waals surface area (Å²) >= 11 is 0. The lowest BCUT2D eigenvalue weighted by Gasteiger charge is -2.34. The molecule has 0 aromatic rings. The molecule has 0 saturated heterocycles. The van der Waals surface area contributed by atoms with Crippen molar-refractivity contribution in [2.75, 3.05) is 41.0 Å². The zero-order valence-corrected chi connectivity index (χ0v) is 36.6. The number of ether oxygens (including phenoxy) is 3. The number of quaternary nitrogens is 1. The lowest BCUT2D eigenvalue weighted by Crippen LogP contribution is -2.55. The van der Waals surface area contributed by atoms with Crippen LogP contribution in [-0.2, 0) is 28.6 Å². The lowest BCUT2D eigenvalue weighted by molar-refractivity contribution is -0.889. The first-order valence-corrected chi connectivity index (χ1v) is 21.6. The molecule has 0 heterocycles. The molecule has 0 aliphatic heterocycles. The Balaban J connectivity index is 4.59. The average molecular weight is 804 g/mol. The Morgan fingerprint density at radius 1 is 0.517 bits per heavy atom. The topological polar surface area (TPSA) is 102 Å². The van der Waals surface area contributed by atoms with E-state index in [0.29, 0.717) is 12.8 Å². The van der Waals surface area contributed by atoms with Crippen LogP contribution in [0.25, 0.3) is 0 Å². The van der Waals surface area contributed by atoms with E-state index in [1.807, 2.05) is 0 Å². The maximum atomic E-state index is 12.7. The molecule has 0 aromatic carbocycles. The van der Waals surface area contributed by atoms with E-state index >= 15 is 0 Å². The molecule has 2 unspecified atom stereocenters. The Kier molecular flexibility index (Phi) is 36.6. The third kappa shape index (κ3) is 37.3. The van der Waals surface area contributed by atoms with Gasteiger partial charge in [-0.15, -0.1) is 0 Å². The maximum Gasteiger partial charge on any atom is 0.306 e. The van der Waals surface area contributed by atoms with Crippen LogP contribution in [0.3, 0.4) is 0 Å². The van der Waals surface area contributed by atoms with Crippen LogP contribution >= 0.6 is 0 Å². The number of likely N-dealkylation sites (N-methyl/N-ethyl adjacent to an activating group) is 1. The second-order valence-electron chi connectivity index (χ2n) is 14.8. The molecule has 0 fully saturated rings. The number of hydrogen-bond acceptors (Lipinski definition) is 7. The van der Waals surface area contributed by atoms with E-state index in [2.05, 4.69) is 135 Å². The molecule has 0 aliphatic rings. The van der Waals surface area contributed by atoms with Crippen molar-refractivity contribution in [2.24, 2.45) is 0 Å². The van der Waals surface area contributed by atoms with Gasteiger partial charge in [-0.2, -0.15) is 0 Å². The Hall–Kier alpha value is -4.27. The first-order chi connectivity index (χ1) is 28.1. The van der Waals surface area contributed by atoms with E-state index in [1.54, 1.807) is 21.1 Å². The second kappa shape index (κ2) is 39.6. The highest BCUT2D eigenvalue weighted by Crippen LogP contribution is 2.10. The molecule has 0 radical (unpaired) electrons. The largest absolute Gasteiger partial charge is 0.544 e. The molecule has 0 aliphatic carbocycles. The molecule has 2 atom stereocenters. The Morgan fingerprint density at radius 2 is 0.879 bits per heavy atom. The third-order valence-electron chi connectivity index (χ3n) is 8.59. The van der Waals surface area contributed by atoms with Crippen LogP contribution in [0.15, 0.2) is 122 Å². The minimum atomic E-state index is -1.15. The number of rotatable bonds is 36. The Bertz CT molecular complexity index is 1350. The van der Waals surface area contributed by atoms with Gasteiger partial charge in [0, 0.05) is 19.3 Å². The molecule has 58 heavy (non-hydrogen) atoms. The molecular formula is C50H77NO7. The summed E-state index contributed by atoms with van der Waals surface area (Å²) in [5.41, 5.74) is 0. The van der Waals surface area contributed by atoms with Crippen molar-refractivity contribution in [1.82, 2.24) is 0 Å². The van der Waals surface area contributed by atoms with Gasteiger partial charge >= 0.3 is 11.9 Å². The van der Waals surface area contributed by atoms with Crippen LogP contribution in [0.2, 0.25) is 0 Å². The molecular weight excluding hydrogens is 727 g/mol. The fourth-order valence-corrected chi connectivity index (χ4v) is 5.32.